The molecule has 0 amide bonds. The molecule has 0 aliphatic carbocycles. The van der Waals surface area contributed by atoms with Gasteiger partial charge >= 0.3 is 0 Å². The van der Waals surface area contributed by atoms with Gasteiger partial charge in [0, 0.05) is 7.11 Å². The summed E-state index contributed by atoms with van der Waals surface area (Å²) in [6.45, 7) is 22.1. The van der Waals surface area contributed by atoms with E-state index in [-0.39, 0.29) is 55.9 Å². The standard InChI is InChI=1S/C24H50O9.C9H20O5/c1-17(26)10-27-19(3)12-29-21(5)14-31-23(7)16-33-24(8)15-32-22(6)13-30-20(4)11-28-18(2)9-25;1-11-4-5-13-8-9-14-7-6-12-3-2-10/h17-26H,9-16H2,1-8H3;10H,2-9H2,1H3. The van der Waals surface area contributed by atoms with Crippen molar-refractivity contribution < 1.29 is 67.4 Å². The van der Waals surface area contributed by atoms with Crippen LogP contribution in [0.1, 0.15) is 55.4 Å². The Balaban J connectivity index is 0. The molecule has 0 aromatic rings. The number of methoxy groups -OCH3 is 1. The van der Waals surface area contributed by atoms with Crippen LogP contribution in [-0.2, 0) is 52.1 Å². The molecule has 0 aliphatic heterocycles. The highest BCUT2D eigenvalue weighted by Crippen LogP contribution is 2.05. The molecule has 0 saturated heterocycles. The number of hydrogen-bond donors (Lipinski definition) is 3. The number of ether oxygens (including phenoxy) is 11. The lowest BCUT2D eigenvalue weighted by molar-refractivity contribution is -0.108. The first-order valence-corrected chi connectivity index (χ1v) is 16.9. The van der Waals surface area contributed by atoms with E-state index in [1.54, 1.807) is 14.0 Å². The van der Waals surface area contributed by atoms with Crippen molar-refractivity contribution in [3.05, 3.63) is 0 Å². The van der Waals surface area contributed by atoms with Gasteiger partial charge in [0.1, 0.15) is 0 Å². The fourth-order valence-electron chi connectivity index (χ4n) is 3.19. The van der Waals surface area contributed by atoms with E-state index in [2.05, 4.69) is 0 Å². The van der Waals surface area contributed by atoms with E-state index in [1.807, 2.05) is 48.5 Å². The van der Waals surface area contributed by atoms with Gasteiger partial charge in [-0.15, -0.1) is 0 Å². The van der Waals surface area contributed by atoms with E-state index in [0.29, 0.717) is 92.5 Å². The minimum atomic E-state index is -0.478. The first-order chi connectivity index (χ1) is 22.4. The lowest BCUT2D eigenvalue weighted by Crippen LogP contribution is -2.30. The van der Waals surface area contributed by atoms with Gasteiger partial charge in [0.15, 0.2) is 0 Å². The van der Waals surface area contributed by atoms with Crippen LogP contribution in [0.25, 0.3) is 0 Å². The molecule has 0 bridgehead atoms. The third-order valence-corrected chi connectivity index (χ3v) is 5.98. The SMILES string of the molecule is CC(O)COC(C)COC(C)COC(C)COC(C)COC(C)COC(C)COC(C)CO.COCCOCCOCCOCCO. The second kappa shape index (κ2) is 35.3. The van der Waals surface area contributed by atoms with Crippen molar-refractivity contribution in [2.24, 2.45) is 0 Å². The van der Waals surface area contributed by atoms with Gasteiger partial charge in [0.25, 0.3) is 0 Å². The van der Waals surface area contributed by atoms with Gasteiger partial charge in [0.2, 0.25) is 0 Å². The first kappa shape index (κ1) is 48.6. The molecule has 0 radical (unpaired) electrons. The smallest absolute Gasteiger partial charge is 0.0781 e. The van der Waals surface area contributed by atoms with Crippen LogP contribution in [0.4, 0.5) is 0 Å². The van der Waals surface area contributed by atoms with Gasteiger partial charge in [-0.2, -0.15) is 0 Å². The maximum atomic E-state index is 9.24. The molecule has 14 heteroatoms. The molecule has 0 rings (SSSR count). The lowest BCUT2D eigenvalue weighted by Gasteiger charge is -2.22. The van der Waals surface area contributed by atoms with Crippen molar-refractivity contribution in [3.8, 4) is 0 Å². The topological polar surface area (TPSA) is 162 Å². The second-order valence-corrected chi connectivity index (χ2v) is 11.6. The second-order valence-electron chi connectivity index (χ2n) is 11.6. The monoisotopic (exact) mass is 690 g/mol. The summed E-state index contributed by atoms with van der Waals surface area (Å²) in [5, 5.41) is 26.6. The molecule has 47 heavy (non-hydrogen) atoms. The summed E-state index contributed by atoms with van der Waals surface area (Å²) in [5.41, 5.74) is 0. The van der Waals surface area contributed by atoms with Crippen LogP contribution in [0.2, 0.25) is 0 Å². The maximum absolute atomic E-state index is 9.24. The zero-order valence-corrected chi connectivity index (χ0v) is 30.8. The molecule has 3 N–H and O–H groups in total. The molecule has 0 fully saturated rings. The summed E-state index contributed by atoms with van der Waals surface area (Å²) in [4.78, 5) is 0. The molecule has 8 atom stereocenters. The van der Waals surface area contributed by atoms with Crippen molar-refractivity contribution in [3.63, 3.8) is 0 Å². The van der Waals surface area contributed by atoms with Crippen LogP contribution in [0.15, 0.2) is 0 Å². The molecule has 0 aliphatic rings. The largest absolute Gasteiger partial charge is 0.394 e. The molecular formula is C33H70O14. The van der Waals surface area contributed by atoms with Crippen molar-refractivity contribution in [1.29, 1.82) is 0 Å². The van der Waals surface area contributed by atoms with Crippen LogP contribution < -0.4 is 0 Å². The number of aliphatic hydroxyl groups excluding tert-OH is 3. The Labute approximate surface area is 284 Å². The molecule has 0 heterocycles. The Morgan fingerprint density at radius 2 is 0.660 bits per heavy atom. The number of hydrogen-bond acceptors (Lipinski definition) is 14. The van der Waals surface area contributed by atoms with Crippen LogP contribution >= 0.6 is 0 Å². The number of aliphatic hydroxyl groups is 3. The Bertz CT molecular complexity index is 606. The molecule has 0 saturated carbocycles. The highest BCUT2D eigenvalue weighted by atomic mass is 16.6. The van der Waals surface area contributed by atoms with Gasteiger partial charge < -0.3 is 67.4 Å². The van der Waals surface area contributed by atoms with Gasteiger partial charge in [-0.25, -0.2) is 0 Å². The van der Waals surface area contributed by atoms with Crippen molar-refractivity contribution in [1.82, 2.24) is 0 Å². The molecule has 0 aromatic carbocycles. The van der Waals surface area contributed by atoms with E-state index in [4.69, 9.17) is 62.3 Å². The van der Waals surface area contributed by atoms with Crippen molar-refractivity contribution in [2.45, 2.75) is 104 Å². The summed E-state index contributed by atoms with van der Waals surface area (Å²) in [6.07, 6.45) is -1.07. The fraction of sp³-hybridized carbons (Fsp3) is 1.00. The van der Waals surface area contributed by atoms with Gasteiger partial charge in [-0.3, -0.25) is 0 Å². The van der Waals surface area contributed by atoms with E-state index < -0.39 is 6.10 Å². The van der Waals surface area contributed by atoms with Crippen molar-refractivity contribution in [2.75, 3.05) is 113 Å². The summed E-state index contributed by atoms with van der Waals surface area (Å²) in [6, 6.07) is 0. The van der Waals surface area contributed by atoms with Crippen molar-refractivity contribution >= 4 is 0 Å². The van der Waals surface area contributed by atoms with E-state index in [0.717, 1.165) is 0 Å². The maximum Gasteiger partial charge on any atom is 0.0781 e. The Morgan fingerprint density at radius 3 is 0.936 bits per heavy atom. The molecule has 0 aromatic heterocycles. The van der Waals surface area contributed by atoms with Crippen LogP contribution in [0, 0.1) is 0 Å². The fourth-order valence-corrected chi connectivity index (χ4v) is 3.19. The Kier molecular flexibility index (Phi) is 36.4. The average Bonchev–Trinajstić information content (AvgIpc) is 3.05. The zero-order valence-electron chi connectivity index (χ0n) is 30.8. The summed E-state index contributed by atoms with van der Waals surface area (Å²) in [7, 11) is 1.64. The third kappa shape index (κ3) is 38.1. The van der Waals surface area contributed by atoms with E-state index >= 15 is 0 Å². The molecule has 8 unspecified atom stereocenters. The number of rotatable bonds is 33. The summed E-state index contributed by atoms with van der Waals surface area (Å²) in [5.74, 6) is 0. The van der Waals surface area contributed by atoms with Gasteiger partial charge in [-0.1, -0.05) is 0 Å². The molecular weight excluding hydrogens is 620 g/mol. The first-order valence-electron chi connectivity index (χ1n) is 16.9. The Morgan fingerprint density at radius 1 is 0.383 bits per heavy atom. The van der Waals surface area contributed by atoms with E-state index in [1.165, 1.54) is 0 Å². The third-order valence-electron chi connectivity index (χ3n) is 5.98. The average molecular weight is 691 g/mol. The lowest BCUT2D eigenvalue weighted by atomic mass is 10.3. The van der Waals surface area contributed by atoms with Crippen LogP contribution in [0.3, 0.4) is 0 Å². The quantitative estimate of drug-likeness (QED) is 0.0856. The minimum absolute atomic E-state index is 0.000849. The zero-order chi connectivity index (χ0) is 35.7. The summed E-state index contributed by atoms with van der Waals surface area (Å²) >= 11 is 0. The predicted molar refractivity (Wildman–Crippen MR) is 178 cm³/mol. The summed E-state index contributed by atoms with van der Waals surface area (Å²) < 4.78 is 59.9. The molecule has 286 valence electrons. The highest BCUT2D eigenvalue weighted by Gasteiger charge is 2.14. The minimum Gasteiger partial charge on any atom is -0.394 e. The van der Waals surface area contributed by atoms with Crippen LogP contribution in [0.5, 0.6) is 0 Å². The van der Waals surface area contributed by atoms with Crippen LogP contribution in [-0.4, -0.2) is 177 Å². The Hall–Kier alpha value is -0.560. The predicted octanol–water partition coefficient (Wildman–Crippen LogP) is 1.87. The normalized spacial score (nSPS) is 16.9. The van der Waals surface area contributed by atoms with Gasteiger partial charge in [0.05, 0.1) is 155 Å². The van der Waals surface area contributed by atoms with E-state index in [9.17, 15) is 5.11 Å². The molecule has 14 nitrogen and oxygen atoms in total. The van der Waals surface area contributed by atoms with Gasteiger partial charge in [-0.05, 0) is 55.4 Å². The molecule has 0 spiro atoms. The highest BCUT2D eigenvalue weighted by molar-refractivity contribution is 4.59.